The summed E-state index contributed by atoms with van der Waals surface area (Å²) in [7, 11) is 0. The largest absolute Gasteiger partial charge is 0.296 e. The average molecular weight is 327 g/mol. The highest BCUT2D eigenvalue weighted by Gasteiger charge is 2.20. The minimum absolute atomic E-state index is 0.177. The Hall–Kier alpha value is -2.54. The first-order chi connectivity index (χ1) is 11.1. The van der Waals surface area contributed by atoms with Crippen LogP contribution in [0.25, 0.3) is 0 Å². The van der Waals surface area contributed by atoms with Gasteiger partial charge in [-0.3, -0.25) is 14.8 Å². The summed E-state index contributed by atoms with van der Waals surface area (Å²) in [6.45, 7) is 4.75. The van der Waals surface area contributed by atoms with Crippen LogP contribution in [-0.4, -0.2) is 25.9 Å². The maximum Gasteiger partial charge on any atom is 0.260 e. The van der Waals surface area contributed by atoms with Crippen molar-refractivity contribution in [2.45, 2.75) is 26.3 Å². The molecule has 0 aliphatic heterocycles. The van der Waals surface area contributed by atoms with Crippen LogP contribution in [-0.2, 0) is 6.54 Å². The monoisotopic (exact) mass is 327 g/mol. The highest BCUT2D eigenvalue weighted by Crippen LogP contribution is 2.22. The quantitative estimate of drug-likeness (QED) is 0.781. The third-order valence-corrected chi connectivity index (χ3v) is 4.03. The van der Waals surface area contributed by atoms with Crippen LogP contribution in [0.15, 0.2) is 42.0 Å². The molecule has 0 fully saturated rings. The molecule has 0 aliphatic carbocycles. The number of carbonyl (C=O) groups excluding carboxylic acids is 1. The van der Waals surface area contributed by atoms with Crippen LogP contribution in [0.2, 0.25) is 0 Å². The number of hydrogen-bond donors (Lipinski definition) is 1. The predicted octanol–water partition coefficient (Wildman–Crippen LogP) is 3.16. The highest BCUT2D eigenvalue weighted by atomic mass is 32.1. The van der Waals surface area contributed by atoms with Crippen LogP contribution in [0.1, 0.15) is 41.4 Å². The minimum Gasteiger partial charge on any atom is -0.296 e. The summed E-state index contributed by atoms with van der Waals surface area (Å²) >= 11 is 1.29. The second-order valence-electron chi connectivity index (χ2n) is 5.44. The molecule has 0 spiro atoms. The number of hydrogen-bond acceptors (Lipinski definition) is 5. The Morgan fingerprint density at radius 1 is 1.30 bits per heavy atom. The lowest BCUT2D eigenvalue weighted by molar-refractivity contribution is 0.102. The number of amides is 1. The molecule has 0 bridgehead atoms. The van der Waals surface area contributed by atoms with Gasteiger partial charge in [0.25, 0.3) is 5.91 Å². The van der Waals surface area contributed by atoms with Crippen LogP contribution in [0, 0.1) is 0 Å². The van der Waals surface area contributed by atoms with Crippen molar-refractivity contribution in [1.82, 2.24) is 20.0 Å². The summed E-state index contributed by atoms with van der Waals surface area (Å²) in [5, 5.41) is 15.2. The molecule has 7 heteroatoms. The van der Waals surface area contributed by atoms with E-state index in [1.165, 1.54) is 11.3 Å². The molecule has 23 heavy (non-hydrogen) atoms. The van der Waals surface area contributed by atoms with E-state index in [0.717, 1.165) is 11.3 Å². The van der Waals surface area contributed by atoms with E-state index in [-0.39, 0.29) is 11.8 Å². The molecule has 2 heterocycles. The van der Waals surface area contributed by atoms with Gasteiger partial charge in [0.15, 0.2) is 0 Å². The van der Waals surface area contributed by atoms with E-state index in [1.807, 2.05) is 35.0 Å². The van der Waals surface area contributed by atoms with Gasteiger partial charge in [-0.25, -0.2) is 0 Å². The summed E-state index contributed by atoms with van der Waals surface area (Å²) in [6.07, 6.45) is 1.62. The summed E-state index contributed by atoms with van der Waals surface area (Å²) in [5.74, 6) is -0.0267. The van der Waals surface area contributed by atoms with Crippen LogP contribution in [0.3, 0.4) is 0 Å². The molecule has 6 nitrogen and oxygen atoms in total. The second kappa shape index (κ2) is 6.70. The molecule has 0 atom stereocenters. The van der Waals surface area contributed by atoms with Crippen molar-refractivity contribution >= 4 is 22.4 Å². The maximum atomic E-state index is 12.5. The average Bonchev–Trinajstić information content (AvgIpc) is 3.17. The molecule has 0 saturated carbocycles. The standard InChI is InChI=1S/C16H17N5OS/c1-11(2)14-13(15(22)19-16-20-17-10-23-16)8-18-21(14)9-12-6-4-3-5-7-12/h3-8,10-11H,9H2,1-2H3,(H,19,20,22). The molecule has 0 aliphatic rings. The Bertz CT molecular complexity index is 780. The van der Waals surface area contributed by atoms with E-state index < -0.39 is 0 Å². The zero-order valence-electron chi connectivity index (χ0n) is 12.9. The summed E-state index contributed by atoms with van der Waals surface area (Å²) in [6, 6.07) is 10.1. The zero-order chi connectivity index (χ0) is 16.2. The Labute approximate surface area is 138 Å². The molecule has 0 radical (unpaired) electrons. The van der Waals surface area contributed by atoms with Crippen molar-refractivity contribution < 1.29 is 4.79 Å². The van der Waals surface area contributed by atoms with Gasteiger partial charge in [0.05, 0.1) is 24.0 Å². The number of aromatic nitrogens is 4. The molecule has 1 N–H and O–H groups in total. The molecule has 1 aromatic carbocycles. The normalized spacial score (nSPS) is 10.9. The van der Waals surface area contributed by atoms with E-state index in [1.54, 1.807) is 11.7 Å². The second-order valence-corrected chi connectivity index (χ2v) is 6.27. The smallest absolute Gasteiger partial charge is 0.260 e. The van der Waals surface area contributed by atoms with Gasteiger partial charge >= 0.3 is 0 Å². The molecular weight excluding hydrogens is 310 g/mol. The van der Waals surface area contributed by atoms with E-state index in [0.29, 0.717) is 17.2 Å². The first-order valence-corrected chi connectivity index (χ1v) is 8.20. The van der Waals surface area contributed by atoms with Crippen molar-refractivity contribution in [2.24, 2.45) is 0 Å². The fraction of sp³-hybridized carbons (Fsp3) is 0.250. The molecule has 3 aromatic rings. The number of nitrogens with one attached hydrogen (secondary N) is 1. The SMILES string of the molecule is CC(C)c1c(C(=O)Nc2nncs2)cnn1Cc1ccccc1. The van der Waals surface area contributed by atoms with Gasteiger partial charge in [0.1, 0.15) is 5.51 Å². The van der Waals surface area contributed by atoms with Crippen LogP contribution >= 0.6 is 11.3 Å². The molecule has 118 valence electrons. The molecule has 0 unspecified atom stereocenters. The Balaban J connectivity index is 1.88. The fourth-order valence-corrected chi connectivity index (χ4v) is 2.89. The van der Waals surface area contributed by atoms with Crippen molar-refractivity contribution in [1.29, 1.82) is 0 Å². The fourth-order valence-electron chi connectivity index (χ4n) is 2.45. The molecule has 0 saturated heterocycles. The lowest BCUT2D eigenvalue weighted by Crippen LogP contribution is -2.16. The van der Waals surface area contributed by atoms with E-state index in [4.69, 9.17) is 0 Å². The first-order valence-electron chi connectivity index (χ1n) is 7.32. The molecular formula is C16H17N5OS. The van der Waals surface area contributed by atoms with Crippen molar-refractivity contribution in [3.05, 3.63) is 58.9 Å². The van der Waals surface area contributed by atoms with Gasteiger partial charge in [-0.05, 0) is 11.5 Å². The third kappa shape index (κ3) is 3.45. The summed E-state index contributed by atoms with van der Waals surface area (Å²) in [5.41, 5.74) is 4.22. The maximum absolute atomic E-state index is 12.5. The van der Waals surface area contributed by atoms with Crippen molar-refractivity contribution in [3.63, 3.8) is 0 Å². The number of rotatable bonds is 5. The van der Waals surface area contributed by atoms with Gasteiger partial charge in [-0.2, -0.15) is 5.10 Å². The zero-order valence-corrected chi connectivity index (χ0v) is 13.7. The first kappa shape index (κ1) is 15.4. The van der Waals surface area contributed by atoms with Crippen LogP contribution in [0.5, 0.6) is 0 Å². The summed E-state index contributed by atoms with van der Waals surface area (Å²) in [4.78, 5) is 12.5. The third-order valence-electron chi connectivity index (χ3n) is 3.43. The number of carbonyl (C=O) groups is 1. The molecule has 3 rings (SSSR count). The topological polar surface area (TPSA) is 72.7 Å². The summed E-state index contributed by atoms with van der Waals surface area (Å²) < 4.78 is 1.88. The van der Waals surface area contributed by atoms with Gasteiger partial charge in [-0.1, -0.05) is 55.5 Å². The highest BCUT2D eigenvalue weighted by molar-refractivity contribution is 7.13. The van der Waals surface area contributed by atoms with Crippen LogP contribution < -0.4 is 5.32 Å². The predicted molar refractivity (Wildman–Crippen MR) is 89.7 cm³/mol. The Morgan fingerprint density at radius 2 is 2.09 bits per heavy atom. The van der Waals surface area contributed by atoms with Crippen molar-refractivity contribution in [2.75, 3.05) is 5.32 Å². The van der Waals surface area contributed by atoms with Gasteiger partial charge in [0, 0.05) is 0 Å². The van der Waals surface area contributed by atoms with Gasteiger partial charge in [-0.15, -0.1) is 10.2 Å². The number of anilines is 1. The molecule has 2 aromatic heterocycles. The van der Waals surface area contributed by atoms with Crippen molar-refractivity contribution in [3.8, 4) is 0 Å². The number of nitrogens with zero attached hydrogens (tertiary/aromatic N) is 4. The van der Waals surface area contributed by atoms with E-state index >= 15 is 0 Å². The minimum atomic E-state index is -0.204. The van der Waals surface area contributed by atoms with E-state index in [2.05, 4.69) is 34.5 Å². The van der Waals surface area contributed by atoms with Gasteiger partial charge < -0.3 is 0 Å². The Kier molecular flexibility index (Phi) is 4.47. The lowest BCUT2D eigenvalue weighted by atomic mass is 10.1. The van der Waals surface area contributed by atoms with E-state index in [9.17, 15) is 4.79 Å². The van der Waals surface area contributed by atoms with Gasteiger partial charge in [0.2, 0.25) is 5.13 Å². The lowest BCUT2D eigenvalue weighted by Gasteiger charge is -2.12. The number of benzene rings is 1. The Morgan fingerprint density at radius 3 is 2.74 bits per heavy atom. The molecule has 1 amide bonds. The van der Waals surface area contributed by atoms with Crippen LogP contribution in [0.4, 0.5) is 5.13 Å².